The number of nitrogens with zero attached hydrogens (tertiary/aromatic N) is 2. The van der Waals surface area contributed by atoms with Gasteiger partial charge in [-0.15, -0.1) is 0 Å². The number of rotatable bonds is 5. The quantitative estimate of drug-likeness (QED) is 0.581. The summed E-state index contributed by atoms with van der Waals surface area (Å²) in [5.41, 5.74) is 7.69. The van der Waals surface area contributed by atoms with Crippen molar-refractivity contribution in [3.05, 3.63) is 41.2 Å². The minimum atomic E-state index is 0.690. The molecule has 1 aromatic heterocycles. The Labute approximate surface area is 125 Å². The summed E-state index contributed by atoms with van der Waals surface area (Å²) in [6.07, 6.45) is 7.06. The minimum absolute atomic E-state index is 0.690. The van der Waals surface area contributed by atoms with E-state index in [-0.39, 0.29) is 0 Å². The third-order valence-electron chi connectivity index (χ3n) is 3.94. The molecule has 0 saturated carbocycles. The van der Waals surface area contributed by atoms with Crippen LogP contribution in [0.15, 0.2) is 24.5 Å². The summed E-state index contributed by atoms with van der Waals surface area (Å²) in [5, 5.41) is 3.42. The maximum absolute atomic E-state index is 5.55. The van der Waals surface area contributed by atoms with E-state index >= 15 is 0 Å². The summed E-state index contributed by atoms with van der Waals surface area (Å²) in [6.45, 7) is 2.13. The molecule has 1 aliphatic carbocycles. The third kappa shape index (κ3) is 2.83. The number of nitrogens with two attached hydrogens (primary N) is 1. The lowest BCUT2D eigenvalue weighted by Gasteiger charge is -2.14. The molecule has 0 spiro atoms. The van der Waals surface area contributed by atoms with Gasteiger partial charge in [-0.1, -0.05) is 19.4 Å². The van der Waals surface area contributed by atoms with E-state index in [0.717, 1.165) is 29.9 Å². The monoisotopic (exact) mass is 283 g/mol. The van der Waals surface area contributed by atoms with E-state index < -0.39 is 0 Å². The topological polar surface area (TPSA) is 75.9 Å². The Bertz CT molecular complexity index is 639. The Morgan fingerprint density at radius 1 is 1.14 bits per heavy atom. The molecule has 0 aliphatic heterocycles. The van der Waals surface area contributed by atoms with Crippen LogP contribution < -0.4 is 16.6 Å². The molecule has 21 heavy (non-hydrogen) atoms. The first kappa shape index (κ1) is 13.8. The van der Waals surface area contributed by atoms with Gasteiger partial charge in [0, 0.05) is 11.3 Å². The summed E-state index contributed by atoms with van der Waals surface area (Å²) in [6, 6.07) is 6.57. The normalized spacial score (nSPS) is 13.0. The number of hydrazine groups is 1. The lowest BCUT2D eigenvalue weighted by Crippen LogP contribution is -2.13. The van der Waals surface area contributed by atoms with Crippen molar-refractivity contribution in [2.75, 3.05) is 10.7 Å². The third-order valence-corrected chi connectivity index (χ3v) is 3.94. The SMILES string of the molecule is CCCc1c(NN)ncnc1Nc1ccc2c(c1)CCC2. The number of nitrogens with one attached hydrogen (secondary N) is 2. The van der Waals surface area contributed by atoms with Gasteiger partial charge >= 0.3 is 0 Å². The number of nitrogen functional groups attached to an aromatic ring is 1. The number of hydrogen-bond donors (Lipinski definition) is 3. The first-order chi connectivity index (χ1) is 10.3. The number of aryl methyl sites for hydroxylation is 2. The van der Waals surface area contributed by atoms with E-state index in [1.54, 1.807) is 0 Å². The summed E-state index contributed by atoms with van der Waals surface area (Å²) >= 11 is 0. The van der Waals surface area contributed by atoms with Crippen molar-refractivity contribution in [3.8, 4) is 0 Å². The van der Waals surface area contributed by atoms with E-state index in [1.807, 2.05) is 0 Å². The molecule has 0 radical (unpaired) electrons. The molecular formula is C16H21N5. The molecule has 0 amide bonds. The zero-order chi connectivity index (χ0) is 14.7. The van der Waals surface area contributed by atoms with E-state index in [1.165, 1.54) is 36.7 Å². The molecule has 0 atom stereocenters. The zero-order valence-electron chi connectivity index (χ0n) is 12.3. The van der Waals surface area contributed by atoms with Gasteiger partial charge in [0.1, 0.15) is 18.0 Å². The number of anilines is 3. The predicted octanol–water partition coefficient (Wildman–Crippen LogP) is 2.95. The van der Waals surface area contributed by atoms with Crippen molar-refractivity contribution in [3.63, 3.8) is 0 Å². The molecule has 4 N–H and O–H groups in total. The van der Waals surface area contributed by atoms with Gasteiger partial charge in [-0.25, -0.2) is 15.8 Å². The lowest BCUT2D eigenvalue weighted by molar-refractivity contribution is 0.903. The predicted molar refractivity (Wildman–Crippen MR) is 85.6 cm³/mol. The smallest absolute Gasteiger partial charge is 0.148 e. The van der Waals surface area contributed by atoms with Crippen LogP contribution in [0, 0.1) is 0 Å². The first-order valence-corrected chi connectivity index (χ1v) is 7.51. The maximum Gasteiger partial charge on any atom is 0.148 e. The molecule has 1 heterocycles. The first-order valence-electron chi connectivity index (χ1n) is 7.51. The number of fused-ring (bicyclic) bond motifs is 1. The van der Waals surface area contributed by atoms with Gasteiger partial charge in [-0.2, -0.15) is 0 Å². The van der Waals surface area contributed by atoms with Crippen molar-refractivity contribution in [1.29, 1.82) is 0 Å². The van der Waals surface area contributed by atoms with Crippen molar-refractivity contribution < 1.29 is 0 Å². The second-order valence-corrected chi connectivity index (χ2v) is 5.41. The minimum Gasteiger partial charge on any atom is -0.340 e. The van der Waals surface area contributed by atoms with Crippen LogP contribution >= 0.6 is 0 Å². The Morgan fingerprint density at radius 2 is 1.95 bits per heavy atom. The fourth-order valence-electron chi connectivity index (χ4n) is 2.92. The Balaban J connectivity index is 1.90. The van der Waals surface area contributed by atoms with Gasteiger partial charge in [-0.05, 0) is 48.9 Å². The van der Waals surface area contributed by atoms with Gasteiger partial charge in [0.05, 0.1) is 0 Å². The Kier molecular flexibility index (Phi) is 4.01. The fraction of sp³-hybridized carbons (Fsp3) is 0.375. The fourth-order valence-corrected chi connectivity index (χ4v) is 2.92. The van der Waals surface area contributed by atoms with E-state index in [2.05, 4.69) is 45.8 Å². The van der Waals surface area contributed by atoms with E-state index in [9.17, 15) is 0 Å². The van der Waals surface area contributed by atoms with Gasteiger partial charge < -0.3 is 10.7 Å². The maximum atomic E-state index is 5.55. The molecule has 0 saturated heterocycles. The highest BCUT2D eigenvalue weighted by atomic mass is 15.3. The molecule has 0 fully saturated rings. The van der Waals surface area contributed by atoms with Crippen LogP contribution in [0.1, 0.15) is 36.5 Å². The van der Waals surface area contributed by atoms with Gasteiger partial charge in [-0.3, -0.25) is 0 Å². The number of hydrogen-bond acceptors (Lipinski definition) is 5. The molecule has 3 rings (SSSR count). The average molecular weight is 283 g/mol. The van der Waals surface area contributed by atoms with Crippen LogP contribution in [-0.2, 0) is 19.3 Å². The van der Waals surface area contributed by atoms with Gasteiger partial charge in [0.15, 0.2) is 0 Å². The average Bonchev–Trinajstić information content (AvgIpc) is 2.96. The lowest BCUT2D eigenvalue weighted by atomic mass is 10.1. The molecule has 0 bridgehead atoms. The highest BCUT2D eigenvalue weighted by Gasteiger charge is 2.13. The van der Waals surface area contributed by atoms with Crippen molar-refractivity contribution >= 4 is 17.3 Å². The Hall–Kier alpha value is -2.14. The number of benzene rings is 1. The van der Waals surface area contributed by atoms with Crippen LogP contribution in [0.5, 0.6) is 0 Å². The summed E-state index contributed by atoms with van der Waals surface area (Å²) in [7, 11) is 0. The second-order valence-electron chi connectivity index (χ2n) is 5.41. The molecule has 5 heteroatoms. The van der Waals surface area contributed by atoms with Crippen LogP contribution in [-0.4, -0.2) is 9.97 Å². The summed E-state index contributed by atoms with van der Waals surface area (Å²) in [5.74, 6) is 7.07. The molecule has 110 valence electrons. The summed E-state index contributed by atoms with van der Waals surface area (Å²) in [4.78, 5) is 8.57. The largest absolute Gasteiger partial charge is 0.340 e. The van der Waals surface area contributed by atoms with Crippen LogP contribution in [0.2, 0.25) is 0 Å². The standard InChI is InChI=1S/C16H21N5/c1-2-4-14-15(18-10-19-16(14)21-17)20-13-8-7-11-5-3-6-12(11)9-13/h7-10H,2-6,17H2,1H3,(H2,18,19,20,21). The molecule has 1 aromatic carbocycles. The number of aromatic nitrogens is 2. The molecule has 2 aromatic rings. The zero-order valence-corrected chi connectivity index (χ0v) is 12.3. The van der Waals surface area contributed by atoms with E-state index in [4.69, 9.17) is 5.84 Å². The van der Waals surface area contributed by atoms with Crippen LogP contribution in [0.4, 0.5) is 17.3 Å². The molecule has 5 nitrogen and oxygen atoms in total. The van der Waals surface area contributed by atoms with Crippen molar-refractivity contribution in [1.82, 2.24) is 9.97 Å². The second kappa shape index (κ2) is 6.10. The molecule has 0 unspecified atom stereocenters. The van der Waals surface area contributed by atoms with Gasteiger partial charge in [0.25, 0.3) is 0 Å². The van der Waals surface area contributed by atoms with Crippen molar-refractivity contribution in [2.24, 2.45) is 5.84 Å². The van der Waals surface area contributed by atoms with Crippen LogP contribution in [0.25, 0.3) is 0 Å². The van der Waals surface area contributed by atoms with Gasteiger partial charge in [0.2, 0.25) is 0 Å². The highest BCUT2D eigenvalue weighted by molar-refractivity contribution is 5.65. The summed E-state index contributed by atoms with van der Waals surface area (Å²) < 4.78 is 0. The highest BCUT2D eigenvalue weighted by Crippen LogP contribution is 2.28. The van der Waals surface area contributed by atoms with Crippen molar-refractivity contribution in [2.45, 2.75) is 39.0 Å². The molecular weight excluding hydrogens is 262 g/mol. The van der Waals surface area contributed by atoms with E-state index in [0.29, 0.717) is 5.82 Å². The Morgan fingerprint density at radius 3 is 2.76 bits per heavy atom. The molecule has 1 aliphatic rings. The van der Waals surface area contributed by atoms with Crippen LogP contribution in [0.3, 0.4) is 0 Å².